The first-order chi connectivity index (χ1) is 12.0. The summed E-state index contributed by atoms with van der Waals surface area (Å²) < 4.78 is 0. The van der Waals surface area contributed by atoms with Gasteiger partial charge in [0.25, 0.3) is 0 Å². The summed E-state index contributed by atoms with van der Waals surface area (Å²) in [6, 6.07) is 0. The Morgan fingerprint density at radius 1 is 1.16 bits per heavy atom. The monoisotopic (exact) mass is 354 g/mol. The van der Waals surface area contributed by atoms with Gasteiger partial charge >= 0.3 is 5.97 Å². The Morgan fingerprint density at radius 2 is 1.92 bits per heavy atom. The average Bonchev–Trinajstić information content (AvgIpc) is 2.82. The van der Waals surface area contributed by atoms with Crippen molar-refractivity contribution in [3.05, 3.63) is 24.3 Å². The normalized spacial score (nSPS) is 28.2. The molecule has 25 heavy (non-hydrogen) atoms. The van der Waals surface area contributed by atoms with Crippen molar-refractivity contribution in [1.29, 1.82) is 0 Å². The van der Waals surface area contributed by atoms with E-state index in [1.807, 2.05) is 18.2 Å². The Labute approximate surface area is 151 Å². The molecule has 0 aromatic carbocycles. The van der Waals surface area contributed by atoms with Crippen LogP contribution in [0, 0.1) is 11.8 Å². The van der Waals surface area contributed by atoms with Crippen molar-refractivity contribution >= 4 is 5.97 Å². The molecule has 0 radical (unpaired) electrons. The molecule has 0 bridgehead atoms. The Kier molecular flexibility index (Phi) is 10.7. The number of aliphatic hydroxyl groups is 3. The maximum Gasteiger partial charge on any atom is 0.303 e. The molecule has 1 rings (SSSR count). The summed E-state index contributed by atoms with van der Waals surface area (Å²) in [5.74, 6) is -0.820. The molecular formula is C20H34O5. The van der Waals surface area contributed by atoms with Crippen molar-refractivity contribution < 1.29 is 25.2 Å². The van der Waals surface area contributed by atoms with Gasteiger partial charge < -0.3 is 20.4 Å². The van der Waals surface area contributed by atoms with Crippen LogP contribution in [0.1, 0.15) is 64.7 Å². The summed E-state index contributed by atoms with van der Waals surface area (Å²) in [6.45, 7) is 2.14. The summed E-state index contributed by atoms with van der Waals surface area (Å²) in [6.07, 6.45) is 12.2. The van der Waals surface area contributed by atoms with Gasteiger partial charge in [-0.2, -0.15) is 0 Å². The van der Waals surface area contributed by atoms with E-state index in [1.165, 1.54) is 0 Å². The molecule has 4 N–H and O–H groups in total. The quantitative estimate of drug-likeness (QED) is 0.319. The molecule has 5 heteroatoms. The number of carboxylic acids is 1. The highest BCUT2D eigenvalue weighted by Gasteiger charge is 2.39. The molecule has 0 spiro atoms. The van der Waals surface area contributed by atoms with Crippen molar-refractivity contribution in [2.24, 2.45) is 11.8 Å². The van der Waals surface area contributed by atoms with E-state index >= 15 is 0 Å². The van der Waals surface area contributed by atoms with E-state index in [2.05, 4.69) is 6.92 Å². The number of hydrogen-bond donors (Lipinski definition) is 4. The fraction of sp³-hybridized carbons (Fsp3) is 0.750. The Balaban J connectivity index is 2.39. The van der Waals surface area contributed by atoms with E-state index in [1.54, 1.807) is 6.08 Å². The second-order valence-electron chi connectivity index (χ2n) is 7.05. The number of carboxylic acid groups (broad SMARTS) is 1. The molecule has 1 aliphatic rings. The summed E-state index contributed by atoms with van der Waals surface area (Å²) >= 11 is 0. The van der Waals surface area contributed by atoms with Crippen molar-refractivity contribution in [3.8, 4) is 0 Å². The zero-order chi connectivity index (χ0) is 18.7. The minimum absolute atomic E-state index is 0.0663. The van der Waals surface area contributed by atoms with Gasteiger partial charge in [-0.25, -0.2) is 0 Å². The first kappa shape index (κ1) is 21.9. The summed E-state index contributed by atoms with van der Waals surface area (Å²) in [4.78, 5) is 10.4. The van der Waals surface area contributed by atoms with Crippen LogP contribution in [0.3, 0.4) is 0 Å². The Hall–Kier alpha value is -1.17. The lowest BCUT2D eigenvalue weighted by molar-refractivity contribution is -0.137. The molecule has 0 heterocycles. The van der Waals surface area contributed by atoms with Crippen LogP contribution in [0.15, 0.2) is 24.3 Å². The van der Waals surface area contributed by atoms with E-state index in [9.17, 15) is 20.1 Å². The number of unbranched alkanes of at least 4 members (excludes halogenated alkanes) is 3. The van der Waals surface area contributed by atoms with Crippen molar-refractivity contribution in [3.63, 3.8) is 0 Å². The summed E-state index contributed by atoms with van der Waals surface area (Å²) in [7, 11) is 0. The standard InChI is InChI=1S/C20H34O5/c1-2-3-6-10-16-17(19(23)14-18(16)22)13-12-15(21)9-7-4-5-8-11-20(24)25/h4,7,12-13,15-19,21-23H,2-3,5-6,8-11,14H2,1H3,(H,24,25)/b7-4-,13-12+/t15-,16+,17-,18+,19-/m0/s1. The van der Waals surface area contributed by atoms with E-state index in [-0.39, 0.29) is 18.3 Å². The van der Waals surface area contributed by atoms with Gasteiger partial charge in [0.15, 0.2) is 0 Å². The van der Waals surface area contributed by atoms with Gasteiger partial charge in [-0.05, 0) is 31.6 Å². The molecular weight excluding hydrogens is 320 g/mol. The molecule has 0 amide bonds. The third kappa shape index (κ3) is 8.66. The molecule has 0 aromatic heterocycles. The van der Waals surface area contributed by atoms with Crippen LogP contribution >= 0.6 is 0 Å². The first-order valence-corrected chi connectivity index (χ1v) is 9.55. The summed E-state index contributed by atoms with van der Waals surface area (Å²) in [5, 5.41) is 38.9. The van der Waals surface area contributed by atoms with E-state index in [0.717, 1.165) is 25.7 Å². The largest absolute Gasteiger partial charge is 0.481 e. The molecule has 5 atom stereocenters. The number of rotatable bonds is 12. The minimum Gasteiger partial charge on any atom is -0.481 e. The molecule has 0 aliphatic heterocycles. The number of aliphatic hydroxyl groups excluding tert-OH is 3. The number of allylic oxidation sites excluding steroid dienone is 1. The summed E-state index contributed by atoms with van der Waals surface area (Å²) in [5.41, 5.74) is 0. The molecule has 1 saturated carbocycles. The second-order valence-corrected chi connectivity index (χ2v) is 7.05. The van der Waals surface area contributed by atoms with Crippen LogP contribution in [0.5, 0.6) is 0 Å². The lowest BCUT2D eigenvalue weighted by Crippen LogP contribution is -2.21. The van der Waals surface area contributed by atoms with Gasteiger partial charge in [0.05, 0.1) is 18.3 Å². The van der Waals surface area contributed by atoms with Crippen LogP contribution in [0.2, 0.25) is 0 Å². The topological polar surface area (TPSA) is 98.0 Å². The molecule has 0 saturated heterocycles. The van der Waals surface area contributed by atoms with Crippen LogP contribution in [0.4, 0.5) is 0 Å². The second kappa shape index (κ2) is 12.2. The maximum atomic E-state index is 10.4. The predicted molar refractivity (Wildman–Crippen MR) is 98.1 cm³/mol. The lowest BCUT2D eigenvalue weighted by atomic mass is 9.88. The van der Waals surface area contributed by atoms with Gasteiger partial charge in [0.2, 0.25) is 0 Å². The van der Waals surface area contributed by atoms with E-state index in [0.29, 0.717) is 25.7 Å². The number of carbonyl (C=O) groups is 1. The zero-order valence-corrected chi connectivity index (χ0v) is 15.3. The first-order valence-electron chi connectivity index (χ1n) is 9.55. The molecule has 0 aromatic rings. The third-order valence-electron chi connectivity index (χ3n) is 4.92. The predicted octanol–water partition coefficient (Wildman–Crippen LogP) is 3.04. The Bertz CT molecular complexity index is 432. The fourth-order valence-electron chi connectivity index (χ4n) is 3.47. The van der Waals surface area contributed by atoms with Crippen LogP contribution in [-0.4, -0.2) is 44.7 Å². The van der Waals surface area contributed by atoms with Crippen LogP contribution < -0.4 is 0 Å². The minimum atomic E-state index is -0.790. The SMILES string of the molecule is CCCCC[C@@H]1[C@H](/C=C/[C@@H](O)C/C=C\CCCC(=O)O)[C@@H](O)C[C@H]1O. The van der Waals surface area contributed by atoms with Gasteiger partial charge in [-0.1, -0.05) is 50.5 Å². The highest BCUT2D eigenvalue weighted by atomic mass is 16.4. The van der Waals surface area contributed by atoms with Crippen LogP contribution in [-0.2, 0) is 4.79 Å². The van der Waals surface area contributed by atoms with E-state index < -0.39 is 24.3 Å². The number of aliphatic carboxylic acids is 1. The van der Waals surface area contributed by atoms with Gasteiger partial charge in [0, 0.05) is 18.8 Å². The Morgan fingerprint density at radius 3 is 2.60 bits per heavy atom. The molecule has 1 fully saturated rings. The maximum absolute atomic E-state index is 10.4. The smallest absolute Gasteiger partial charge is 0.303 e. The molecule has 144 valence electrons. The lowest BCUT2D eigenvalue weighted by Gasteiger charge is -2.21. The highest BCUT2D eigenvalue weighted by molar-refractivity contribution is 5.66. The van der Waals surface area contributed by atoms with Crippen LogP contribution in [0.25, 0.3) is 0 Å². The zero-order valence-electron chi connectivity index (χ0n) is 15.3. The van der Waals surface area contributed by atoms with Gasteiger partial charge in [0.1, 0.15) is 0 Å². The molecule has 5 nitrogen and oxygen atoms in total. The van der Waals surface area contributed by atoms with Gasteiger partial charge in [-0.15, -0.1) is 0 Å². The number of hydrogen-bond acceptors (Lipinski definition) is 4. The van der Waals surface area contributed by atoms with Crippen molar-refractivity contribution in [1.82, 2.24) is 0 Å². The molecule has 0 unspecified atom stereocenters. The van der Waals surface area contributed by atoms with Gasteiger partial charge in [-0.3, -0.25) is 4.79 Å². The van der Waals surface area contributed by atoms with Crippen molar-refractivity contribution in [2.75, 3.05) is 0 Å². The van der Waals surface area contributed by atoms with E-state index in [4.69, 9.17) is 5.11 Å². The third-order valence-corrected chi connectivity index (χ3v) is 4.92. The fourth-order valence-corrected chi connectivity index (χ4v) is 3.47. The van der Waals surface area contributed by atoms with Crippen molar-refractivity contribution in [2.45, 2.75) is 83.0 Å². The highest BCUT2D eigenvalue weighted by Crippen LogP contribution is 2.37. The average molecular weight is 354 g/mol. The molecule has 1 aliphatic carbocycles.